The Bertz CT molecular complexity index is 3380. The number of hydrogen-bond acceptors (Lipinski definition) is 1. The molecule has 0 bridgehead atoms. The fraction of sp³-hybridized carbons (Fsp3) is 0.0200. The van der Waals surface area contributed by atoms with Gasteiger partial charge in [0.05, 0.1) is 34.1 Å². The molecule has 4 heteroatoms. The molecule has 254 valence electrons. The minimum absolute atomic E-state index is 0.561. The van der Waals surface area contributed by atoms with Crippen LogP contribution in [0.1, 0.15) is 5.56 Å². The number of pyridine rings is 1. The zero-order valence-electron chi connectivity index (χ0n) is 29.5. The van der Waals surface area contributed by atoms with Crippen molar-refractivity contribution in [2.24, 2.45) is 4.99 Å². The molecule has 0 N–H and O–H groups in total. The van der Waals surface area contributed by atoms with Gasteiger partial charge >= 0.3 is 0 Å². The van der Waals surface area contributed by atoms with Gasteiger partial charge in [0.15, 0.2) is 0 Å². The summed E-state index contributed by atoms with van der Waals surface area (Å²) in [5.74, 6) is 0. The third-order valence-corrected chi connectivity index (χ3v) is 11.0. The van der Waals surface area contributed by atoms with E-state index < -0.39 is 0 Å². The molecule has 0 aliphatic rings. The minimum atomic E-state index is 0.561. The van der Waals surface area contributed by atoms with Crippen molar-refractivity contribution in [2.45, 2.75) is 6.54 Å². The van der Waals surface area contributed by atoms with E-state index in [9.17, 15) is 0 Å². The summed E-state index contributed by atoms with van der Waals surface area (Å²) in [7, 11) is 0. The molecule has 54 heavy (non-hydrogen) atoms. The highest BCUT2D eigenvalue weighted by molar-refractivity contribution is 6.12. The van der Waals surface area contributed by atoms with Crippen molar-refractivity contribution < 1.29 is 0 Å². The van der Waals surface area contributed by atoms with Crippen LogP contribution in [0, 0.1) is 0 Å². The summed E-state index contributed by atoms with van der Waals surface area (Å²) < 4.78 is 6.94. The molecule has 0 radical (unpaired) electrons. The molecule has 4 heterocycles. The van der Waals surface area contributed by atoms with Gasteiger partial charge in [0, 0.05) is 49.0 Å². The fourth-order valence-electron chi connectivity index (χ4n) is 8.60. The van der Waals surface area contributed by atoms with Gasteiger partial charge in [-0.1, -0.05) is 116 Å². The lowest BCUT2D eigenvalue weighted by Crippen LogP contribution is -2.23. The van der Waals surface area contributed by atoms with Gasteiger partial charge in [-0.15, -0.1) is 0 Å². The molecular formula is C50H34N4. The maximum absolute atomic E-state index is 5.12. The summed E-state index contributed by atoms with van der Waals surface area (Å²) in [6.45, 7) is 4.98. The summed E-state index contributed by atoms with van der Waals surface area (Å²) in [4.78, 5) is 5.12. The summed E-state index contributed by atoms with van der Waals surface area (Å²) in [5.41, 5.74) is 12.7. The lowest BCUT2D eigenvalue weighted by atomic mass is 10.0. The Hall–Kier alpha value is -7.17. The van der Waals surface area contributed by atoms with E-state index in [4.69, 9.17) is 4.99 Å². The molecule has 0 fully saturated rings. The number of rotatable bonds is 5. The Morgan fingerprint density at radius 2 is 0.889 bits per heavy atom. The molecule has 0 saturated carbocycles. The highest BCUT2D eigenvalue weighted by Crippen LogP contribution is 2.38. The molecule has 0 aliphatic carbocycles. The van der Waals surface area contributed by atoms with Gasteiger partial charge in [0.25, 0.3) is 0 Å². The second kappa shape index (κ2) is 11.9. The van der Waals surface area contributed by atoms with Crippen molar-refractivity contribution in [3.8, 4) is 22.5 Å². The van der Waals surface area contributed by atoms with Crippen LogP contribution in [0.4, 0.5) is 0 Å². The molecule has 4 aromatic heterocycles. The van der Waals surface area contributed by atoms with E-state index in [-0.39, 0.29) is 0 Å². The smallest absolute Gasteiger partial charge is 0.132 e. The summed E-state index contributed by atoms with van der Waals surface area (Å²) in [6, 6.07) is 65.5. The van der Waals surface area contributed by atoms with Crippen LogP contribution < -0.4 is 10.8 Å². The second-order valence-electron chi connectivity index (χ2n) is 14.1. The van der Waals surface area contributed by atoms with Gasteiger partial charge in [-0.05, 0) is 89.5 Å². The van der Waals surface area contributed by atoms with Crippen LogP contribution in [0.5, 0.6) is 0 Å². The molecule has 11 rings (SSSR count). The van der Waals surface area contributed by atoms with Crippen molar-refractivity contribution in [3.63, 3.8) is 0 Å². The normalized spacial score (nSPS) is 12.3. The standard InChI is InChI=1S/C50H34N4/c1-33-39-17-5-6-18-40(39)45-23-12-24-50(52(33)45)51-32-34-13-11-16-38(29-34)54-47-22-10-8-20-42(47)44-31-36(26-28-49(44)54)35-25-27-48-43(30-35)41-19-7-9-21-46(41)53(48)37-14-3-2-4-15-37/h2-31H,1,32H2/b51-50-. The maximum Gasteiger partial charge on any atom is 0.132 e. The summed E-state index contributed by atoms with van der Waals surface area (Å²) in [5, 5.41) is 8.31. The van der Waals surface area contributed by atoms with Crippen molar-refractivity contribution >= 4 is 66.5 Å². The number of para-hydroxylation sites is 3. The third-order valence-electron chi connectivity index (χ3n) is 11.0. The maximum atomic E-state index is 5.12. The van der Waals surface area contributed by atoms with Crippen LogP contribution in [0.25, 0.3) is 89.0 Å². The Labute approximate surface area is 311 Å². The Morgan fingerprint density at radius 3 is 1.56 bits per heavy atom. The summed E-state index contributed by atoms with van der Waals surface area (Å²) >= 11 is 0. The van der Waals surface area contributed by atoms with Crippen molar-refractivity contribution in [2.75, 3.05) is 0 Å². The SMILES string of the molecule is C=c1c2ccccc2c2ccc/c(=N/Cc3cccc(-n4c5ccccc5c5cc(-c6ccc7c(c6)c6ccccc6n7-c6ccccc6)ccc54)c3)n12. The predicted octanol–water partition coefficient (Wildman–Crippen LogP) is 11.2. The zero-order valence-corrected chi connectivity index (χ0v) is 29.5. The zero-order chi connectivity index (χ0) is 35.8. The van der Waals surface area contributed by atoms with E-state index in [0.29, 0.717) is 6.54 Å². The highest BCUT2D eigenvalue weighted by atomic mass is 15.0. The number of benzene rings is 7. The van der Waals surface area contributed by atoms with Gasteiger partial charge in [0.1, 0.15) is 5.49 Å². The minimum Gasteiger partial charge on any atom is -0.309 e. The van der Waals surface area contributed by atoms with Crippen LogP contribution in [0.15, 0.2) is 187 Å². The van der Waals surface area contributed by atoms with Gasteiger partial charge in [0.2, 0.25) is 0 Å². The average Bonchev–Trinajstić information content (AvgIpc) is 3.85. The van der Waals surface area contributed by atoms with Crippen LogP contribution in [0.3, 0.4) is 0 Å². The fourth-order valence-corrected chi connectivity index (χ4v) is 8.60. The molecule has 0 unspecified atom stereocenters. The van der Waals surface area contributed by atoms with Gasteiger partial charge in [-0.3, -0.25) is 9.39 Å². The van der Waals surface area contributed by atoms with Gasteiger partial charge in [-0.2, -0.15) is 0 Å². The third kappa shape index (κ3) is 4.60. The highest BCUT2D eigenvalue weighted by Gasteiger charge is 2.16. The number of aromatic nitrogens is 3. The molecule has 0 atom stereocenters. The van der Waals surface area contributed by atoms with E-state index in [1.807, 2.05) is 0 Å². The molecule has 0 spiro atoms. The van der Waals surface area contributed by atoms with Crippen LogP contribution >= 0.6 is 0 Å². The molecule has 0 aliphatic heterocycles. The average molecular weight is 691 g/mol. The van der Waals surface area contributed by atoms with E-state index in [1.165, 1.54) is 65.8 Å². The Balaban J connectivity index is 1.01. The Morgan fingerprint density at radius 1 is 0.389 bits per heavy atom. The van der Waals surface area contributed by atoms with Crippen LogP contribution in [-0.2, 0) is 6.54 Å². The first-order valence-corrected chi connectivity index (χ1v) is 18.4. The first kappa shape index (κ1) is 30.5. The monoisotopic (exact) mass is 690 g/mol. The van der Waals surface area contributed by atoms with Crippen molar-refractivity contribution in [3.05, 3.63) is 198 Å². The Kier molecular flexibility index (Phi) is 6.73. The molecule has 4 nitrogen and oxygen atoms in total. The van der Waals surface area contributed by atoms with E-state index in [2.05, 4.69) is 202 Å². The van der Waals surface area contributed by atoms with Gasteiger partial charge < -0.3 is 9.13 Å². The largest absolute Gasteiger partial charge is 0.309 e. The lowest BCUT2D eigenvalue weighted by molar-refractivity contribution is 0.924. The summed E-state index contributed by atoms with van der Waals surface area (Å²) in [6.07, 6.45) is 0. The second-order valence-corrected chi connectivity index (χ2v) is 14.1. The molecule has 0 amide bonds. The van der Waals surface area contributed by atoms with Crippen molar-refractivity contribution in [1.82, 2.24) is 13.5 Å². The molecule has 7 aromatic carbocycles. The quantitative estimate of drug-likeness (QED) is 0.172. The molecular weight excluding hydrogens is 657 g/mol. The topological polar surface area (TPSA) is 26.6 Å². The van der Waals surface area contributed by atoms with E-state index >= 15 is 0 Å². The number of hydrogen-bond donors (Lipinski definition) is 0. The van der Waals surface area contributed by atoms with Gasteiger partial charge in [-0.25, -0.2) is 0 Å². The first-order valence-electron chi connectivity index (χ1n) is 18.4. The van der Waals surface area contributed by atoms with E-state index in [0.717, 1.165) is 33.0 Å². The van der Waals surface area contributed by atoms with Crippen LogP contribution in [-0.4, -0.2) is 13.5 Å². The molecule has 0 saturated heterocycles. The van der Waals surface area contributed by atoms with E-state index in [1.54, 1.807) is 0 Å². The number of nitrogens with zero attached hydrogens (tertiary/aromatic N) is 4. The predicted molar refractivity (Wildman–Crippen MR) is 225 cm³/mol. The first-order chi connectivity index (χ1) is 26.7. The number of fused-ring (bicyclic) bond motifs is 9. The molecule has 11 aromatic rings. The van der Waals surface area contributed by atoms with Crippen LogP contribution in [0.2, 0.25) is 0 Å². The lowest BCUT2D eigenvalue weighted by Gasteiger charge is -2.10. The van der Waals surface area contributed by atoms with Crippen molar-refractivity contribution in [1.29, 1.82) is 0 Å².